The molecule has 3 rings (SSSR count). The van der Waals surface area contributed by atoms with Gasteiger partial charge < -0.3 is 9.47 Å². The largest absolute Gasteiger partial charge is 0.447 e. The van der Waals surface area contributed by atoms with E-state index in [0.717, 1.165) is 5.56 Å². The number of amides is 1. The Kier molecular flexibility index (Phi) is 3.02. The van der Waals surface area contributed by atoms with Crippen LogP contribution in [0, 0.1) is 0 Å². The maximum Gasteiger partial charge on any atom is 0.411 e. The van der Waals surface area contributed by atoms with Crippen molar-refractivity contribution in [3.05, 3.63) is 48.0 Å². The van der Waals surface area contributed by atoms with Crippen LogP contribution in [0.1, 0.15) is 5.56 Å². The summed E-state index contributed by atoms with van der Waals surface area (Å²) in [4.78, 5) is 13.2. The van der Waals surface area contributed by atoms with Gasteiger partial charge in [-0.15, -0.1) is 0 Å². The predicted octanol–water partition coefficient (Wildman–Crippen LogP) is 1.96. The van der Waals surface area contributed by atoms with Crippen molar-refractivity contribution < 1.29 is 14.3 Å². The topological polar surface area (TPSA) is 38.8 Å². The Morgan fingerprint density at radius 2 is 2.11 bits per heavy atom. The van der Waals surface area contributed by atoms with Crippen molar-refractivity contribution in [3.63, 3.8) is 0 Å². The first kappa shape index (κ1) is 11.3. The van der Waals surface area contributed by atoms with E-state index in [1.807, 2.05) is 42.5 Å². The molecular formula is C14H15NO3. The molecular weight excluding hydrogens is 230 g/mol. The van der Waals surface area contributed by atoms with Gasteiger partial charge in [-0.3, -0.25) is 4.90 Å². The van der Waals surface area contributed by atoms with Crippen LogP contribution < -0.4 is 0 Å². The molecule has 0 radical (unpaired) electrons. The quantitative estimate of drug-likeness (QED) is 0.761. The smallest absolute Gasteiger partial charge is 0.411 e. The van der Waals surface area contributed by atoms with E-state index in [1.54, 1.807) is 4.90 Å². The molecule has 1 aromatic rings. The van der Waals surface area contributed by atoms with Crippen molar-refractivity contribution in [1.82, 2.24) is 4.90 Å². The fourth-order valence-corrected chi connectivity index (χ4v) is 2.33. The maximum atomic E-state index is 11.5. The molecule has 18 heavy (non-hydrogen) atoms. The van der Waals surface area contributed by atoms with Crippen LogP contribution >= 0.6 is 0 Å². The Balaban J connectivity index is 1.52. The lowest BCUT2D eigenvalue weighted by atomic mass is 10.2. The highest BCUT2D eigenvalue weighted by atomic mass is 16.6. The van der Waals surface area contributed by atoms with Gasteiger partial charge in [-0.05, 0) is 5.56 Å². The van der Waals surface area contributed by atoms with Crippen LogP contribution in [-0.2, 0) is 16.1 Å². The monoisotopic (exact) mass is 245 g/mol. The highest BCUT2D eigenvalue weighted by Crippen LogP contribution is 2.24. The Labute approximate surface area is 106 Å². The van der Waals surface area contributed by atoms with Gasteiger partial charge in [-0.25, -0.2) is 4.79 Å². The molecule has 4 heteroatoms. The van der Waals surface area contributed by atoms with E-state index >= 15 is 0 Å². The van der Waals surface area contributed by atoms with Crippen molar-refractivity contribution in [2.24, 2.45) is 0 Å². The molecule has 0 aliphatic carbocycles. The molecule has 0 N–H and O–H groups in total. The summed E-state index contributed by atoms with van der Waals surface area (Å²) in [5.41, 5.74) is 1.14. The lowest BCUT2D eigenvalue weighted by molar-refractivity contribution is 0.0790. The highest BCUT2D eigenvalue weighted by molar-refractivity contribution is 5.72. The second kappa shape index (κ2) is 4.82. The summed E-state index contributed by atoms with van der Waals surface area (Å²) < 4.78 is 10.7. The molecule has 2 aliphatic rings. The van der Waals surface area contributed by atoms with Crippen molar-refractivity contribution in [2.45, 2.75) is 18.7 Å². The van der Waals surface area contributed by atoms with Crippen LogP contribution in [0.4, 0.5) is 4.79 Å². The normalized spacial score (nSPS) is 25.3. The second-order valence-electron chi connectivity index (χ2n) is 4.50. The van der Waals surface area contributed by atoms with Crippen molar-refractivity contribution >= 4 is 6.09 Å². The number of carbonyl (C=O) groups is 1. The van der Waals surface area contributed by atoms with E-state index in [0.29, 0.717) is 19.8 Å². The van der Waals surface area contributed by atoms with E-state index in [-0.39, 0.29) is 18.2 Å². The zero-order valence-electron chi connectivity index (χ0n) is 9.99. The minimum absolute atomic E-state index is 0.00807. The number of fused-ring (bicyclic) bond motifs is 1. The fourth-order valence-electron chi connectivity index (χ4n) is 2.33. The Hall–Kier alpha value is -1.81. The minimum atomic E-state index is -0.238. The number of rotatable bonds is 4. The van der Waals surface area contributed by atoms with Crippen molar-refractivity contribution in [1.29, 1.82) is 0 Å². The van der Waals surface area contributed by atoms with Crippen LogP contribution in [0.25, 0.3) is 0 Å². The summed E-state index contributed by atoms with van der Waals surface area (Å²) in [6, 6.07) is 10.1. The Morgan fingerprint density at radius 1 is 1.28 bits per heavy atom. The molecule has 0 spiro atoms. The van der Waals surface area contributed by atoms with Crippen LogP contribution in [0.5, 0.6) is 0 Å². The highest BCUT2D eigenvalue weighted by Gasteiger charge is 2.39. The third kappa shape index (κ3) is 2.11. The summed E-state index contributed by atoms with van der Waals surface area (Å²) in [5.74, 6) is 0. The van der Waals surface area contributed by atoms with E-state index in [1.165, 1.54) is 0 Å². The number of cyclic esters (lactones) is 1. The van der Waals surface area contributed by atoms with Crippen LogP contribution in [0.3, 0.4) is 0 Å². The number of carbonyl (C=O) groups excluding carboxylic acids is 1. The molecule has 2 heterocycles. The summed E-state index contributed by atoms with van der Waals surface area (Å²) in [7, 11) is 0. The molecule has 2 atom stereocenters. The first-order valence-electron chi connectivity index (χ1n) is 6.10. The van der Waals surface area contributed by atoms with Gasteiger partial charge in [-0.1, -0.05) is 42.5 Å². The lowest BCUT2D eigenvalue weighted by Crippen LogP contribution is -2.38. The van der Waals surface area contributed by atoms with Gasteiger partial charge in [0, 0.05) is 0 Å². The average molecular weight is 245 g/mol. The number of hydrogen-bond acceptors (Lipinski definition) is 3. The van der Waals surface area contributed by atoms with Gasteiger partial charge in [0.05, 0.1) is 25.3 Å². The lowest BCUT2D eigenvalue weighted by Gasteiger charge is -2.21. The second-order valence-corrected chi connectivity index (χ2v) is 4.50. The van der Waals surface area contributed by atoms with Gasteiger partial charge in [0.25, 0.3) is 0 Å². The molecule has 2 aliphatic heterocycles. The molecule has 4 nitrogen and oxygen atoms in total. The molecule has 1 fully saturated rings. The Morgan fingerprint density at radius 3 is 2.94 bits per heavy atom. The van der Waals surface area contributed by atoms with Gasteiger partial charge in [0.1, 0.15) is 6.61 Å². The first-order chi connectivity index (χ1) is 8.84. The molecule has 0 saturated carbocycles. The van der Waals surface area contributed by atoms with Crippen LogP contribution in [0.15, 0.2) is 42.5 Å². The van der Waals surface area contributed by atoms with Gasteiger partial charge in [0.15, 0.2) is 0 Å². The van der Waals surface area contributed by atoms with Crippen molar-refractivity contribution in [2.75, 3.05) is 13.2 Å². The third-order valence-electron chi connectivity index (χ3n) is 3.26. The molecule has 0 unspecified atom stereocenters. The standard InChI is InChI=1S/C14H15NO3/c16-14-15-12(6-7-13(15)10-18-14)9-17-8-11-4-2-1-3-5-11/h1-7,12-13H,8-10H2/t12-,13+/m1/s1. The molecule has 0 aromatic heterocycles. The number of nitrogens with zero attached hydrogens (tertiary/aromatic N) is 1. The maximum absolute atomic E-state index is 11.5. The van der Waals surface area contributed by atoms with Crippen molar-refractivity contribution in [3.8, 4) is 0 Å². The SMILES string of the molecule is O=C1OC[C@@H]2C=C[C@H](COCc3ccccc3)N12. The van der Waals surface area contributed by atoms with Gasteiger partial charge >= 0.3 is 6.09 Å². The van der Waals surface area contributed by atoms with E-state index in [4.69, 9.17) is 9.47 Å². The molecule has 1 aromatic carbocycles. The number of ether oxygens (including phenoxy) is 2. The number of benzene rings is 1. The summed E-state index contributed by atoms with van der Waals surface area (Å²) >= 11 is 0. The van der Waals surface area contributed by atoms with Crippen LogP contribution in [0.2, 0.25) is 0 Å². The third-order valence-corrected chi connectivity index (χ3v) is 3.26. The van der Waals surface area contributed by atoms with E-state index in [2.05, 4.69) is 0 Å². The Bertz CT molecular complexity index is 457. The summed E-state index contributed by atoms with van der Waals surface area (Å²) in [6.07, 6.45) is 3.80. The van der Waals surface area contributed by atoms with E-state index in [9.17, 15) is 4.79 Å². The molecule has 1 amide bonds. The first-order valence-corrected chi connectivity index (χ1v) is 6.10. The number of hydrogen-bond donors (Lipinski definition) is 0. The molecule has 1 saturated heterocycles. The minimum Gasteiger partial charge on any atom is -0.447 e. The summed E-state index contributed by atoms with van der Waals surface area (Å²) in [6.45, 7) is 1.54. The zero-order chi connectivity index (χ0) is 12.4. The van der Waals surface area contributed by atoms with Gasteiger partial charge in [0.2, 0.25) is 0 Å². The van der Waals surface area contributed by atoms with Crippen LogP contribution in [-0.4, -0.2) is 36.3 Å². The average Bonchev–Trinajstić information content (AvgIpc) is 2.96. The zero-order valence-corrected chi connectivity index (χ0v) is 9.99. The van der Waals surface area contributed by atoms with E-state index < -0.39 is 0 Å². The van der Waals surface area contributed by atoms with Gasteiger partial charge in [-0.2, -0.15) is 0 Å². The predicted molar refractivity (Wildman–Crippen MR) is 66.0 cm³/mol. The fraction of sp³-hybridized carbons (Fsp3) is 0.357. The summed E-state index contributed by atoms with van der Waals surface area (Å²) in [5, 5.41) is 0. The molecule has 0 bridgehead atoms. The molecule has 94 valence electrons.